The van der Waals surface area contributed by atoms with Gasteiger partial charge in [0, 0.05) is 50.9 Å². The summed E-state index contributed by atoms with van der Waals surface area (Å²) in [5, 5.41) is 9.91. The normalized spacial score (nSPS) is 17.6. The fourth-order valence-electron chi connectivity index (χ4n) is 5.02. The summed E-state index contributed by atoms with van der Waals surface area (Å²) < 4.78 is 2.29. The molecule has 2 aliphatic rings. The maximum atomic E-state index is 13.5. The zero-order valence-electron chi connectivity index (χ0n) is 22.6. The topological polar surface area (TPSA) is 72.6 Å². The molecule has 1 aromatic heterocycles. The second kappa shape index (κ2) is 12.3. The van der Waals surface area contributed by atoms with Crippen molar-refractivity contribution < 1.29 is 4.79 Å². The molecule has 0 saturated carbocycles. The standard InChI is InChI=1S/C29H35N5O2S2/c1-5-6-12-33-26(32-15-13-31(14-16-32)19-22-10-8-7-9-11-22)23(21(4)24(18-30)27(33)35)17-25-28(36)34(20(2)3)29(37)38-25/h7-11,17,20H,5-6,12-16,19H2,1-4H3/b25-17+. The molecule has 3 heterocycles. The van der Waals surface area contributed by atoms with Crippen LogP contribution in [0.5, 0.6) is 0 Å². The molecule has 4 rings (SSSR count). The third kappa shape index (κ3) is 5.73. The quantitative estimate of drug-likeness (QED) is 0.347. The van der Waals surface area contributed by atoms with Crippen LogP contribution < -0.4 is 10.5 Å². The minimum atomic E-state index is -0.257. The Morgan fingerprint density at radius 1 is 1.13 bits per heavy atom. The van der Waals surface area contributed by atoms with Crippen molar-refractivity contribution in [1.29, 1.82) is 5.26 Å². The summed E-state index contributed by atoms with van der Waals surface area (Å²) >= 11 is 6.78. The average Bonchev–Trinajstić information content (AvgIpc) is 3.19. The molecule has 9 heteroatoms. The van der Waals surface area contributed by atoms with Crippen molar-refractivity contribution in [3.8, 4) is 6.07 Å². The molecule has 0 bridgehead atoms. The molecule has 2 fully saturated rings. The Morgan fingerprint density at radius 2 is 1.82 bits per heavy atom. The van der Waals surface area contributed by atoms with Gasteiger partial charge in [-0.25, -0.2) is 0 Å². The van der Waals surface area contributed by atoms with Gasteiger partial charge in [-0.2, -0.15) is 5.26 Å². The number of carbonyl (C=O) groups excluding carboxylic acids is 1. The van der Waals surface area contributed by atoms with Gasteiger partial charge in [0.05, 0.1) is 4.91 Å². The molecule has 2 saturated heterocycles. The molecule has 0 atom stereocenters. The smallest absolute Gasteiger partial charge is 0.270 e. The fourth-order valence-corrected chi connectivity index (χ4v) is 6.53. The van der Waals surface area contributed by atoms with Gasteiger partial charge in [-0.3, -0.25) is 24.0 Å². The van der Waals surface area contributed by atoms with Gasteiger partial charge >= 0.3 is 0 Å². The van der Waals surface area contributed by atoms with Crippen LogP contribution in [0.1, 0.15) is 55.9 Å². The van der Waals surface area contributed by atoms with Gasteiger partial charge in [0.15, 0.2) is 0 Å². The van der Waals surface area contributed by atoms with Gasteiger partial charge in [0.25, 0.3) is 11.5 Å². The van der Waals surface area contributed by atoms with E-state index >= 15 is 0 Å². The molecular formula is C29H35N5O2S2. The van der Waals surface area contributed by atoms with Crippen molar-refractivity contribution in [2.24, 2.45) is 0 Å². The third-order valence-corrected chi connectivity index (χ3v) is 8.45. The first kappa shape index (κ1) is 28.1. The highest BCUT2D eigenvalue weighted by Gasteiger charge is 2.35. The minimum absolute atomic E-state index is 0.0418. The predicted molar refractivity (Wildman–Crippen MR) is 159 cm³/mol. The zero-order valence-corrected chi connectivity index (χ0v) is 24.2. The van der Waals surface area contributed by atoms with Crippen LogP contribution in [0.4, 0.5) is 5.82 Å². The number of thioether (sulfide) groups is 1. The lowest BCUT2D eigenvalue weighted by Gasteiger charge is -2.38. The number of amides is 1. The summed E-state index contributed by atoms with van der Waals surface area (Å²) in [5.74, 6) is 0.673. The Bertz CT molecular complexity index is 1340. The van der Waals surface area contributed by atoms with Gasteiger partial charge in [-0.05, 0) is 44.4 Å². The second-order valence-corrected chi connectivity index (χ2v) is 11.7. The predicted octanol–water partition coefficient (Wildman–Crippen LogP) is 4.76. The van der Waals surface area contributed by atoms with Crippen molar-refractivity contribution in [2.75, 3.05) is 31.1 Å². The van der Waals surface area contributed by atoms with Crippen molar-refractivity contribution in [3.63, 3.8) is 0 Å². The van der Waals surface area contributed by atoms with E-state index in [1.165, 1.54) is 17.3 Å². The lowest BCUT2D eigenvalue weighted by molar-refractivity contribution is -0.123. The van der Waals surface area contributed by atoms with Crippen molar-refractivity contribution in [1.82, 2.24) is 14.4 Å². The molecule has 7 nitrogen and oxygen atoms in total. The Hall–Kier alpha value is -2.93. The van der Waals surface area contributed by atoms with Crippen LogP contribution in [0, 0.1) is 18.3 Å². The number of carbonyl (C=O) groups is 1. The summed E-state index contributed by atoms with van der Waals surface area (Å²) in [6, 6.07) is 12.5. The molecule has 0 radical (unpaired) electrons. The van der Waals surface area contributed by atoms with E-state index in [9.17, 15) is 14.9 Å². The lowest BCUT2D eigenvalue weighted by Crippen LogP contribution is -2.48. The van der Waals surface area contributed by atoms with Crippen LogP contribution in [-0.4, -0.2) is 56.8 Å². The van der Waals surface area contributed by atoms with E-state index in [0.29, 0.717) is 21.3 Å². The summed E-state index contributed by atoms with van der Waals surface area (Å²) in [6.45, 7) is 12.4. The van der Waals surface area contributed by atoms with Gasteiger partial charge < -0.3 is 4.90 Å². The highest BCUT2D eigenvalue weighted by molar-refractivity contribution is 8.26. The summed E-state index contributed by atoms with van der Waals surface area (Å²) in [6.07, 6.45) is 3.60. The SMILES string of the molecule is CCCCn1c(N2CCN(Cc3ccccc3)CC2)c(/C=C2/SC(=S)N(C(C)C)C2=O)c(C)c(C#N)c1=O. The van der Waals surface area contributed by atoms with Crippen molar-refractivity contribution >= 4 is 46.1 Å². The number of anilines is 1. The van der Waals surface area contributed by atoms with E-state index in [2.05, 4.69) is 47.1 Å². The lowest BCUT2D eigenvalue weighted by atomic mass is 10.0. The number of benzene rings is 1. The fraction of sp³-hybridized carbons (Fsp3) is 0.448. The first-order valence-corrected chi connectivity index (χ1v) is 14.4. The maximum absolute atomic E-state index is 13.5. The molecule has 200 valence electrons. The largest absolute Gasteiger partial charge is 0.355 e. The second-order valence-electron chi connectivity index (χ2n) is 10.1. The number of nitriles is 1. The molecule has 1 amide bonds. The molecule has 2 aliphatic heterocycles. The molecule has 2 aromatic rings. The van der Waals surface area contributed by atoms with Gasteiger partial charge in [-0.15, -0.1) is 0 Å². The molecular weight excluding hydrogens is 514 g/mol. The number of unbranched alkanes of at least 4 members (excludes halogenated alkanes) is 1. The molecule has 0 spiro atoms. The van der Waals surface area contributed by atoms with Crippen LogP contribution in [-0.2, 0) is 17.9 Å². The van der Waals surface area contributed by atoms with Crippen molar-refractivity contribution in [2.45, 2.75) is 59.7 Å². The number of pyridine rings is 1. The average molecular weight is 550 g/mol. The van der Waals surface area contributed by atoms with Gasteiger partial charge in [-0.1, -0.05) is 67.7 Å². The van der Waals surface area contributed by atoms with Gasteiger partial charge in [0.1, 0.15) is 21.8 Å². The van der Waals surface area contributed by atoms with E-state index in [1.807, 2.05) is 32.9 Å². The number of hydrogen-bond donors (Lipinski definition) is 0. The highest BCUT2D eigenvalue weighted by Crippen LogP contribution is 2.37. The van der Waals surface area contributed by atoms with E-state index in [1.54, 1.807) is 9.47 Å². The number of nitrogens with zero attached hydrogens (tertiary/aromatic N) is 5. The van der Waals surface area contributed by atoms with Crippen LogP contribution in [0.25, 0.3) is 6.08 Å². The number of aromatic nitrogens is 1. The Morgan fingerprint density at radius 3 is 2.39 bits per heavy atom. The monoisotopic (exact) mass is 549 g/mol. The van der Waals surface area contributed by atoms with E-state index < -0.39 is 0 Å². The molecule has 1 aromatic carbocycles. The van der Waals surface area contributed by atoms with E-state index in [4.69, 9.17) is 12.2 Å². The number of rotatable bonds is 8. The number of hydrogen-bond acceptors (Lipinski definition) is 7. The number of thiocarbonyl (C=S) groups is 1. The molecule has 0 N–H and O–H groups in total. The summed E-state index contributed by atoms with van der Waals surface area (Å²) in [5.41, 5.74) is 2.54. The summed E-state index contributed by atoms with van der Waals surface area (Å²) in [4.78, 5) is 33.6. The molecule has 38 heavy (non-hydrogen) atoms. The van der Waals surface area contributed by atoms with Crippen LogP contribution in [0.3, 0.4) is 0 Å². The molecule has 0 aliphatic carbocycles. The van der Waals surface area contributed by atoms with Crippen molar-refractivity contribution in [3.05, 3.63) is 67.8 Å². The van der Waals surface area contributed by atoms with Crippen LogP contribution >= 0.6 is 24.0 Å². The van der Waals surface area contributed by atoms with E-state index in [-0.39, 0.29) is 23.1 Å². The zero-order chi connectivity index (χ0) is 27.4. The Balaban J connectivity index is 1.76. The first-order chi connectivity index (χ1) is 18.3. The highest BCUT2D eigenvalue weighted by atomic mass is 32.2. The number of piperazine rings is 1. The Labute approximate surface area is 234 Å². The minimum Gasteiger partial charge on any atom is -0.355 e. The Kier molecular flexibility index (Phi) is 9.08. The third-order valence-electron chi connectivity index (χ3n) is 7.12. The summed E-state index contributed by atoms with van der Waals surface area (Å²) in [7, 11) is 0. The maximum Gasteiger partial charge on any atom is 0.270 e. The van der Waals surface area contributed by atoms with Crippen LogP contribution in [0.15, 0.2) is 40.0 Å². The van der Waals surface area contributed by atoms with Gasteiger partial charge in [0.2, 0.25) is 0 Å². The first-order valence-electron chi connectivity index (χ1n) is 13.2. The van der Waals surface area contributed by atoms with Crippen LogP contribution in [0.2, 0.25) is 0 Å². The molecule has 0 unspecified atom stereocenters. The van der Waals surface area contributed by atoms with E-state index in [0.717, 1.165) is 56.9 Å².